The van der Waals surface area contributed by atoms with Crippen molar-refractivity contribution in [1.29, 1.82) is 0 Å². The van der Waals surface area contributed by atoms with Crippen LogP contribution in [0.15, 0.2) is 15.5 Å². The Morgan fingerprint density at radius 3 is 3.10 bits per heavy atom. The summed E-state index contributed by atoms with van der Waals surface area (Å²) in [4.78, 5) is 23.2. The van der Waals surface area contributed by atoms with Gasteiger partial charge in [-0.3, -0.25) is 9.59 Å². The number of halogens is 1. The smallest absolute Gasteiger partial charge is 0.327 e. The second kappa shape index (κ2) is 7.53. The van der Waals surface area contributed by atoms with E-state index in [0.29, 0.717) is 36.5 Å². The molecule has 0 spiro atoms. The number of hydrogen-bond donors (Lipinski definition) is 1. The van der Waals surface area contributed by atoms with Crippen LogP contribution in [-0.4, -0.2) is 55.3 Å². The third kappa shape index (κ3) is 4.26. The van der Waals surface area contributed by atoms with Gasteiger partial charge >= 0.3 is 5.97 Å². The molecule has 9 heteroatoms. The minimum absolute atomic E-state index is 0.0665. The fourth-order valence-electron chi connectivity index (χ4n) is 1.77. The minimum atomic E-state index is -0.537. The van der Waals surface area contributed by atoms with Crippen molar-refractivity contribution in [2.45, 2.75) is 12.6 Å². The van der Waals surface area contributed by atoms with Crippen LogP contribution in [0.4, 0.5) is 5.69 Å². The Morgan fingerprint density at radius 2 is 2.43 bits per heavy atom. The van der Waals surface area contributed by atoms with Gasteiger partial charge in [-0.15, -0.1) is 0 Å². The summed E-state index contributed by atoms with van der Waals surface area (Å²) in [7, 11) is 1.25. The van der Waals surface area contributed by atoms with Crippen LogP contribution in [0.3, 0.4) is 0 Å². The van der Waals surface area contributed by atoms with Gasteiger partial charge in [0.2, 0.25) is 0 Å². The molecule has 1 N–H and O–H groups in total. The number of rotatable bonds is 5. The number of ether oxygens (including phenoxy) is 3. The van der Waals surface area contributed by atoms with Gasteiger partial charge in [0.05, 0.1) is 44.9 Å². The highest BCUT2D eigenvalue weighted by Gasteiger charge is 2.16. The molecule has 1 saturated heterocycles. The number of hydrogen-bond acceptors (Lipinski definition) is 7. The number of nitrogens with one attached hydrogen (secondary N) is 1. The van der Waals surface area contributed by atoms with Crippen molar-refractivity contribution in [3.63, 3.8) is 0 Å². The molecule has 2 rings (SSSR count). The van der Waals surface area contributed by atoms with Crippen LogP contribution in [0, 0.1) is 0 Å². The van der Waals surface area contributed by atoms with Crippen LogP contribution in [0.25, 0.3) is 0 Å². The van der Waals surface area contributed by atoms with E-state index in [1.165, 1.54) is 13.3 Å². The Morgan fingerprint density at radius 1 is 1.62 bits per heavy atom. The van der Waals surface area contributed by atoms with E-state index >= 15 is 0 Å². The summed E-state index contributed by atoms with van der Waals surface area (Å²) in [5.41, 5.74) is 0.126. The maximum absolute atomic E-state index is 12.0. The Kier molecular flexibility index (Phi) is 5.71. The van der Waals surface area contributed by atoms with Crippen molar-refractivity contribution >= 4 is 27.6 Å². The first-order valence-electron chi connectivity index (χ1n) is 6.37. The molecule has 1 aromatic heterocycles. The van der Waals surface area contributed by atoms with E-state index in [4.69, 9.17) is 9.47 Å². The first-order valence-corrected chi connectivity index (χ1v) is 7.16. The maximum Gasteiger partial charge on any atom is 0.327 e. The Balaban J connectivity index is 2.02. The van der Waals surface area contributed by atoms with Crippen molar-refractivity contribution in [3.8, 4) is 0 Å². The predicted molar refractivity (Wildman–Crippen MR) is 77.3 cm³/mol. The highest BCUT2D eigenvalue weighted by molar-refractivity contribution is 9.10. The van der Waals surface area contributed by atoms with E-state index in [9.17, 15) is 9.59 Å². The number of carbonyl (C=O) groups excluding carboxylic acids is 1. The van der Waals surface area contributed by atoms with Crippen LogP contribution in [0.5, 0.6) is 0 Å². The van der Waals surface area contributed by atoms with Gasteiger partial charge in [0, 0.05) is 6.54 Å². The lowest BCUT2D eigenvalue weighted by atomic mass is 10.3. The quantitative estimate of drug-likeness (QED) is 0.738. The van der Waals surface area contributed by atoms with Crippen molar-refractivity contribution in [1.82, 2.24) is 9.78 Å². The molecule has 0 amide bonds. The molecule has 21 heavy (non-hydrogen) atoms. The summed E-state index contributed by atoms with van der Waals surface area (Å²) < 4.78 is 16.6. The predicted octanol–water partition coefficient (Wildman–Crippen LogP) is 0.00610. The highest BCUT2D eigenvalue weighted by atomic mass is 79.9. The topological polar surface area (TPSA) is 91.7 Å². The summed E-state index contributed by atoms with van der Waals surface area (Å²) >= 11 is 3.21. The number of anilines is 1. The molecular formula is C12H16BrN3O5. The lowest BCUT2D eigenvalue weighted by Gasteiger charge is -2.23. The van der Waals surface area contributed by atoms with E-state index in [2.05, 4.69) is 31.1 Å². The normalized spacial score (nSPS) is 18.3. The zero-order chi connectivity index (χ0) is 15.2. The molecule has 0 aromatic carbocycles. The zero-order valence-electron chi connectivity index (χ0n) is 11.5. The van der Waals surface area contributed by atoms with Crippen LogP contribution >= 0.6 is 15.9 Å². The van der Waals surface area contributed by atoms with Crippen LogP contribution in [0.2, 0.25) is 0 Å². The Bertz CT molecular complexity index is 556. The van der Waals surface area contributed by atoms with E-state index in [-0.39, 0.29) is 12.6 Å². The van der Waals surface area contributed by atoms with Gasteiger partial charge < -0.3 is 19.5 Å². The molecule has 0 aliphatic carbocycles. The van der Waals surface area contributed by atoms with E-state index in [1.54, 1.807) is 0 Å². The molecule has 0 bridgehead atoms. The van der Waals surface area contributed by atoms with Crippen molar-refractivity contribution in [2.75, 3.05) is 38.8 Å². The molecule has 1 atom stereocenters. The van der Waals surface area contributed by atoms with Gasteiger partial charge in [-0.1, -0.05) is 0 Å². The Hall–Kier alpha value is -1.45. The van der Waals surface area contributed by atoms with Gasteiger partial charge in [0.25, 0.3) is 5.56 Å². The fraction of sp³-hybridized carbons (Fsp3) is 0.583. The largest absolute Gasteiger partial charge is 0.468 e. The number of esters is 1. The first kappa shape index (κ1) is 15.9. The van der Waals surface area contributed by atoms with Crippen LogP contribution in [0.1, 0.15) is 0 Å². The molecule has 1 aliphatic rings. The van der Waals surface area contributed by atoms with Gasteiger partial charge in [0.15, 0.2) is 0 Å². The number of nitrogens with zero attached hydrogens (tertiary/aromatic N) is 2. The van der Waals surface area contributed by atoms with Gasteiger partial charge in [-0.05, 0) is 15.9 Å². The maximum atomic E-state index is 12.0. The molecule has 2 heterocycles. The zero-order valence-corrected chi connectivity index (χ0v) is 13.1. The molecule has 1 aliphatic heterocycles. The summed E-state index contributed by atoms with van der Waals surface area (Å²) in [5.74, 6) is -0.537. The summed E-state index contributed by atoms with van der Waals surface area (Å²) in [5, 5.41) is 7.00. The monoisotopic (exact) mass is 361 g/mol. The van der Waals surface area contributed by atoms with Crippen LogP contribution in [-0.2, 0) is 25.5 Å². The average molecular weight is 362 g/mol. The molecule has 1 unspecified atom stereocenters. The Labute approximate surface area is 129 Å². The number of methoxy groups -OCH3 is 1. The first-order chi connectivity index (χ1) is 10.1. The number of carbonyl (C=O) groups is 1. The van der Waals surface area contributed by atoms with E-state index in [1.807, 2.05) is 0 Å². The summed E-state index contributed by atoms with van der Waals surface area (Å²) in [6, 6.07) is 0. The molecule has 0 radical (unpaired) electrons. The van der Waals surface area contributed by atoms with Crippen LogP contribution < -0.4 is 10.9 Å². The SMILES string of the molecule is COC(=O)Cn1ncc(NCC2COCCO2)c(Br)c1=O. The third-order valence-corrected chi connectivity index (χ3v) is 3.66. The van der Waals surface area contributed by atoms with Crippen molar-refractivity contribution < 1.29 is 19.0 Å². The van der Waals surface area contributed by atoms with Crippen molar-refractivity contribution in [2.24, 2.45) is 0 Å². The van der Waals surface area contributed by atoms with Crippen molar-refractivity contribution in [3.05, 3.63) is 21.0 Å². The van der Waals surface area contributed by atoms with Gasteiger partial charge in [-0.25, -0.2) is 4.68 Å². The highest BCUT2D eigenvalue weighted by Crippen LogP contribution is 2.16. The average Bonchev–Trinajstić information content (AvgIpc) is 2.52. The minimum Gasteiger partial charge on any atom is -0.468 e. The fourth-order valence-corrected chi connectivity index (χ4v) is 2.21. The van der Waals surface area contributed by atoms with E-state index < -0.39 is 11.5 Å². The van der Waals surface area contributed by atoms with E-state index in [0.717, 1.165) is 4.68 Å². The molecule has 1 aromatic rings. The molecular weight excluding hydrogens is 346 g/mol. The van der Waals surface area contributed by atoms with Gasteiger partial charge in [-0.2, -0.15) is 5.10 Å². The summed E-state index contributed by atoms with van der Waals surface area (Å²) in [6.45, 7) is 1.95. The molecule has 8 nitrogen and oxygen atoms in total. The van der Waals surface area contributed by atoms with Gasteiger partial charge in [0.1, 0.15) is 11.0 Å². The second-order valence-electron chi connectivity index (χ2n) is 4.36. The number of aromatic nitrogens is 2. The molecule has 116 valence electrons. The second-order valence-corrected chi connectivity index (χ2v) is 5.15. The third-order valence-electron chi connectivity index (χ3n) is 2.90. The summed E-state index contributed by atoms with van der Waals surface area (Å²) in [6.07, 6.45) is 1.40. The standard InChI is InChI=1S/C12H16BrN3O5/c1-19-10(17)6-16-12(18)11(13)9(5-15-16)14-4-8-7-20-2-3-21-8/h5,8,14H,2-4,6-7H2,1H3. The lowest BCUT2D eigenvalue weighted by molar-refractivity contribution is -0.141. The molecule has 1 fully saturated rings. The lowest BCUT2D eigenvalue weighted by Crippen LogP contribution is -2.35. The molecule has 0 saturated carbocycles.